The van der Waals surface area contributed by atoms with Crippen molar-refractivity contribution in [3.63, 3.8) is 0 Å². The molecule has 2 atom stereocenters. The third kappa shape index (κ3) is 7.68. The lowest BCUT2D eigenvalue weighted by atomic mass is 9.95. The first-order valence-electron chi connectivity index (χ1n) is 12.5. The molecule has 2 aliphatic heterocycles. The molecular formula is C29H43N2O2P. The minimum absolute atomic E-state index is 0.0807. The van der Waals surface area contributed by atoms with Crippen molar-refractivity contribution in [2.24, 2.45) is 5.92 Å². The van der Waals surface area contributed by atoms with Crippen LogP contribution in [0.4, 0.5) is 0 Å². The molecule has 1 aromatic carbocycles. The summed E-state index contributed by atoms with van der Waals surface area (Å²) in [4.78, 5) is 13.9. The highest BCUT2D eigenvalue weighted by Crippen LogP contribution is 2.45. The monoisotopic (exact) mass is 482 g/mol. The van der Waals surface area contributed by atoms with Crippen LogP contribution in [0, 0.1) is 12.8 Å². The Morgan fingerprint density at radius 1 is 1.32 bits per heavy atom. The van der Waals surface area contributed by atoms with Crippen molar-refractivity contribution >= 4 is 20.3 Å². The molecule has 0 aromatic heterocycles. The topological polar surface area (TPSA) is 41.6 Å². The van der Waals surface area contributed by atoms with Gasteiger partial charge in [-0.05, 0) is 84.4 Å². The van der Waals surface area contributed by atoms with Gasteiger partial charge in [0.25, 0.3) is 0 Å². The number of carbonyl (C=O) groups is 1. The second-order valence-corrected chi connectivity index (χ2v) is 10.5. The van der Waals surface area contributed by atoms with Crippen LogP contribution in [-0.2, 0) is 4.79 Å². The molecule has 34 heavy (non-hydrogen) atoms. The van der Waals surface area contributed by atoms with Gasteiger partial charge in [-0.3, -0.25) is 4.79 Å². The molecular weight excluding hydrogens is 439 g/mol. The highest BCUT2D eigenvalue weighted by atomic mass is 31.1. The van der Waals surface area contributed by atoms with Crippen molar-refractivity contribution in [1.82, 2.24) is 10.2 Å². The van der Waals surface area contributed by atoms with Crippen LogP contribution in [0.15, 0.2) is 59.3 Å². The van der Waals surface area contributed by atoms with Gasteiger partial charge in [-0.2, -0.15) is 0 Å². The van der Waals surface area contributed by atoms with Gasteiger partial charge >= 0.3 is 0 Å². The molecule has 1 aromatic rings. The fraction of sp³-hybridized carbons (Fsp3) is 0.483. The Hall–Kier alpha value is -2.16. The zero-order chi connectivity index (χ0) is 25.1. The molecule has 1 N–H and O–H groups in total. The smallest absolute Gasteiger partial charge is 0.214 e. The summed E-state index contributed by atoms with van der Waals surface area (Å²) in [5, 5.41) is 4.62. The van der Waals surface area contributed by atoms with Crippen LogP contribution in [0.1, 0.15) is 65.0 Å². The van der Waals surface area contributed by atoms with Gasteiger partial charge in [-0.15, -0.1) is 0 Å². The van der Waals surface area contributed by atoms with Crippen molar-refractivity contribution in [3.8, 4) is 5.75 Å². The summed E-state index contributed by atoms with van der Waals surface area (Å²) in [6.45, 7) is 14.9. The van der Waals surface area contributed by atoms with Crippen LogP contribution < -0.4 is 10.1 Å². The van der Waals surface area contributed by atoms with E-state index in [1.54, 1.807) is 7.11 Å². The van der Waals surface area contributed by atoms with Crippen LogP contribution in [0.5, 0.6) is 5.75 Å². The van der Waals surface area contributed by atoms with E-state index < -0.39 is 0 Å². The van der Waals surface area contributed by atoms with Gasteiger partial charge in [0.1, 0.15) is 5.75 Å². The normalized spacial score (nSPS) is 18.8. The van der Waals surface area contributed by atoms with E-state index in [0.29, 0.717) is 8.58 Å². The summed E-state index contributed by atoms with van der Waals surface area (Å²) in [5.74, 6) is 1.86. The summed E-state index contributed by atoms with van der Waals surface area (Å²) in [6, 6.07) is 6.31. The highest BCUT2D eigenvalue weighted by molar-refractivity contribution is 7.51. The van der Waals surface area contributed by atoms with E-state index in [-0.39, 0.29) is 5.78 Å². The SMILES string of the molecule is C/C=C(\PC1C(CC)=CC(C2=CCNCC2)=CN1C=O)c1ccc(OC)c(C)c1.CCC(C)C. The number of carbonyl (C=O) groups excluding carboxylic acids is 1. The predicted molar refractivity (Wildman–Crippen MR) is 149 cm³/mol. The number of amides is 1. The highest BCUT2D eigenvalue weighted by Gasteiger charge is 2.26. The van der Waals surface area contributed by atoms with Crippen LogP contribution in [0.3, 0.4) is 0 Å². The number of rotatable bonds is 8. The molecule has 4 nitrogen and oxygen atoms in total. The van der Waals surface area contributed by atoms with Crippen molar-refractivity contribution in [1.29, 1.82) is 0 Å². The molecule has 1 amide bonds. The summed E-state index contributed by atoms with van der Waals surface area (Å²) in [6.07, 6.45) is 13.0. The third-order valence-corrected chi connectivity index (χ3v) is 8.18. The lowest BCUT2D eigenvalue weighted by Gasteiger charge is -2.33. The number of hydrogen-bond acceptors (Lipinski definition) is 3. The van der Waals surface area contributed by atoms with E-state index in [1.807, 2.05) is 17.2 Å². The van der Waals surface area contributed by atoms with E-state index in [4.69, 9.17) is 4.74 Å². The van der Waals surface area contributed by atoms with Crippen LogP contribution in [0.25, 0.3) is 5.31 Å². The predicted octanol–water partition coefficient (Wildman–Crippen LogP) is 7.03. The van der Waals surface area contributed by atoms with Crippen molar-refractivity contribution in [2.45, 2.75) is 66.6 Å². The quantitative estimate of drug-likeness (QED) is 0.319. The molecule has 2 unspecified atom stereocenters. The fourth-order valence-corrected chi connectivity index (χ4v) is 5.42. The zero-order valence-corrected chi connectivity index (χ0v) is 23.1. The molecule has 0 spiro atoms. The van der Waals surface area contributed by atoms with Gasteiger partial charge in [-0.1, -0.05) is 67.0 Å². The number of allylic oxidation sites excluding steroid dienone is 3. The molecule has 186 valence electrons. The molecule has 2 heterocycles. The van der Waals surface area contributed by atoms with Gasteiger partial charge in [0.2, 0.25) is 6.41 Å². The Morgan fingerprint density at radius 2 is 2.06 bits per heavy atom. The Balaban J connectivity index is 0.000000739. The van der Waals surface area contributed by atoms with E-state index in [2.05, 4.69) is 77.2 Å². The molecule has 5 heteroatoms. The Kier molecular flexibility index (Phi) is 11.8. The maximum atomic E-state index is 12.0. The molecule has 0 bridgehead atoms. The van der Waals surface area contributed by atoms with Gasteiger partial charge < -0.3 is 15.0 Å². The molecule has 3 rings (SSSR count). The maximum absolute atomic E-state index is 12.0. The number of nitrogens with one attached hydrogen (secondary N) is 1. The number of aryl methyl sites for hydroxylation is 1. The van der Waals surface area contributed by atoms with E-state index >= 15 is 0 Å². The van der Waals surface area contributed by atoms with Crippen LogP contribution >= 0.6 is 8.58 Å². The second kappa shape index (κ2) is 14.3. The Labute approximate surface area is 209 Å². The number of methoxy groups -OCH3 is 1. The Morgan fingerprint density at radius 3 is 2.56 bits per heavy atom. The van der Waals surface area contributed by atoms with Gasteiger partial charge in [0, 0.05) is 12.7 Å². The molecule has 0 fully saturated rings. The van der Waals surface area contributed by atoms with Gasteiger partial charge in [0.05, 0.1) is 12.9 Å². The molecule has 0 saturated heterocycles. The first-order chi connectivity index (χ1) is 16.4. The number of benzene rings is 1. The first kappa shape index (κ1) is 28.1. The first-order valence-corrected chi connectivity index (χ1v) is 13.6. The lowest BCUT2D eigenvalue weighted by molar-refractivity contribution is -0.116. The van der Waals surface area contributed by atoms with Crippen LogP contribution in [0.2, 0.25) is 0 Å². The maximum Gasteiger partial charge on any atom is 0.214 e. The summed E-state index contributed by atoms with van der Waals surface area (Å²) >= 11 is 0. The van der Waals surface area contributed by atoms with Gasteiger partial charge in [-0.25, -0.2) is 0 Å². The van der Waals surface area contributed by atoms with Crippen LogP contribution in [-0.4, -0.2) is 37.3 Å². The van der Waals surface area contributed by atoms with E-state index in [9.17, 15) is 4.79 Å². The van der Waals surface area contributed by atoms with E-state index in [0.717, 1.165) is 49.6 Å². The summed E-state index contributed by atoms with van der Waals surface area (Å²) in [5.41, 5.74) is 6.15. The Bertz CT molecular complexity index is 943. The molecule has 0 radical (unpaired) electrons. The largest absolute Gasteiger partial charge is 0.496 e. The number of hydrogen-bond donors (Lipinski definition) is 1. The van der Waals surface area contributed by atoms with Gasteiger partial charge in [0.15, 0.2) is 0 Å². The fourth-order valence-electron chi connectivity index (χ4n) is 3.88. The standard InChI is InChI=1S/C24H31N2O2P.C5H12/c1-5-18-14-21(19-9-11-25-12-10-19)15-26(16-27)24(18)29-23(6-2)20-7-8-22(28-4)17(3)13-20;1-4-5(2)3/h6-9,13-16,24-25,29H,5,10-12H2,1-4H3;5H,4H2,1-3H3/b23-6-;. The molecule has 0 saturated carbocycles. The average molecular weight is 483 g/mol. The average Bonchev–Trinajstić information content (AvgIpc) is 2.87. The summed E-state index contributed by atoms with van der Waals surface area (Å²) in [7, 11) is 2.19. The molecule has 2 aliphatic rings. The number of ether oxygens (including phenoxy) is 1. The van der Waals surface area contributed by atoms with Crippen molar-refractivity contribution in [2.75, 3.05) is 20.2 Å². The summed E-state index contributed by atoms with van der Waals surface area (Å²) < 4.78 is 5.40. The third-order valence-electron chi connectivity index (χ3n) is 6.35. The van der Waals surface area contributed by atoms with E-state index in [1.165, 1.54) is 34.0 Å². The van der Waals surface area contributed by atoms with Crippen molar-refractivity contribution < 1.29 is 9.53 Å². The zero-order valence-electron chi connectivity index (χ0n) is 22.1. The van der Waals surface area contributed by atoms with Crippen molar-refractivity contribution in [3.05, 3.63) is 70.5 Å². The molecule has 0 aliphatic carbocycles. The minimum Gasteiger partial charge on any atom is -0.496 e. The number of nitrogens with zero attached hydrogens (tertiary/aromatic N) is 1. The minimum atomic E-state index is 0.0807. The second-order valence-electron chi connectivity index (χ2n) is 9.13. The lowest BCUT2D eigenvalue weighted by Crippen LogP contribution is -2.31.